The van der Waals surface area contributed by atoms with Gasteiger partial charge in [0.15, 0.2) is 0 Å². The zero-order chi connectivity index (χ0) is 13.9. The van der Waals surface area contributed by atoms with Crippen LogP contribution >= 0.6 is 22.9 Å². The molecule has 1 aromatic heterocycles. The van der Waals surface area contributed by atoms with Gasteiger partial charge < -0.3 is 10.6 Å². The predicted octanol–water partition coefficient (Wildman–Crippen LogP) is 3.91. The van der Waals surface area contributed by atoms with Crippen LogP contribution in [0.5, 0.6) is 0 Å². The second-order valence-electron chi connectivity index (χ2n) is 4.88. The monoisotopic (exact) mass is 306 g/mol. The lowest BCUT2D eigenvalue weighted by Gasteiger charge is -2.07. The molecular formula is C15H15ClN2OS. The maximum Gasteiger partial charge on any atom is 0.251 e. The van der Waals surface area contributed by atoms with Gasteiger partial charge in [0.05, 0.1) is 4.34 Å². The molecule has 1 heterocycles. The van der Waals surface area contributed by atoms with Gasteiger partial charge >= 0.3 is 0 Å². The third-order valence-corrected chi connectivity index (χ3v) is 4.39. The maximum atomic E-state index is 11.8. The first kappa shape index (κ1) is 13.5. The molecule has 1 saturated carbocycles. The molecule has 104 valence electrons. The summed E-state index contributed by atoms with van der Waals surface area (Å²) in [5.74, 6) is 0.0177. The van der Waals surface area contributed by atoms with Gasteiger partial charge in [-0.05, 0) is 49.2 Å². The molecule has 1 amide bonds. The summed E-state index contributed by atoms with van der Waals surface area (Å²) in [4.78, 5) is 13.0. The number of hydrogen-bond acceptors (Lipinski definition) is 3. The molecule has 0 radical (unpaired) electrons. The van der Waals surface area contributed by atoms with Crippen molar-refractivity contribution in [3.63, 3.8) is 0 Å². The van der Waals surface area contributed by atoms with Gasteiger partial charge in [-0.1, -0.05) is 11.6 Å². The second kappa shape index (κ2) is 5.85. The Hall–Kier alpha value is -1.52. The Bertz CT molecular complexity index is 605. The van der Waals surface area contributed by atoms with Crippen molar-refractivity contribution in [2.75, 3.05) is 5.32 Å². The van der Waals surface area contributed by atoms with Crippen molar-refractivity contribution in [1.82, 2.24) is 5.32 Å². The molecule has 2 N–H and O–H groups in total. The highest BCUT2D eigenvalue weighted by Crippen LogP contribution is 2.23. The highest BCUT2D eigenvalue weighted by molar-refractivity contribution is 7.16. The first-order valence-electron chi connectivity index (χ1n) is 6.60. The van der Waals surface area contributed by atoms with Crippen LogP contribution in [0.15, 0.2) is 36.4 Å². The molecule has 1 aromatic carbocycles. The molecule has 5 heteroatoms. The Morgan fingerprint density at radius 3 is 2.55 bits per heavy atom. The minimum atomic E-state index is 0.0177. The fraction of sp³-hybridized carbons (Fsp3) is 0.267. The fourth-order valence-corrected chi connectivity index (χ4v) is 2.90. The molecule has 1 aliphatic carbocycles. The first-order valence-corrected chi connectivity index (χ1v) is 7.79. The lowest BCUT2D eigenvalue weighted by molar-refractivity contribution is 0.0951. The minimum Gasteiger partial charge on any atom is -0.380 e. The summed E-state index contributed by atoms with van der Waals surface area (Å²) in [5.41, 5.74) is 1.71. The van der Waals surface area contributed by atoms with Crippen LogP contribution in [0.4, 0.5) is 5.69 Å². The van der Waals surface area contributed by atoms with Crippen LogP contribution in [0.1, 0.15) is 28.1 Å². The van der Waals surface area contributed by atoms with Gasteiger partial charge in [0, 0.05) is 28.7 Å². The fourth-order valence-electron chi connectivity index (χ4n) is 1.87. The van der Waals surface area contributed by atoms with Gasteiger partial charge in [0.25, 0.3) is 5.91 Å². The number of anilines is 1. The summed E-state index contributed by atoms with van der Waals surface area (Å²) in [7, 11) is 0. The van der Waals surface area contributed by atoms with E-state index in [9.17, 15) is 4.79 Å². The second-order valence-corrected chi connectivity index (χ2v) is 6.68. The molecule has 2 aromatic rings. The normalized spacial score (nSPS) is 14.1. The van der Waals surface area contributed by atoms with Gasteiger partial charge in [0.1, 0.15) is 0 Å². The molecule has 0 aliphatic heterocycles. The van der Waals surface area contributed by atoms with Gasteiger partial charge in [0.2, 0.25) is 0 Å². The molecule has 20 heavy (non-hydrogen) atoms. The zero-order valence-electron chi connectivity index (χ0n) is 10.9. The van der Waals surface area contributed by atoms with Crippen LogP contribution in [0, 0.1) is 0 Å². The van der Waals surface area contributed by atoms with Crippen LogP contribution in [0.2, 0.25) is 4.34 Å². The third-order valence-electron chi connectivity index (χ3n) is 3.16. The Morgan fingerprint density at radius 2 is 1.95 bits per heavy atom. The van der Waals surface area contributed by atoms with E-state index in [1.807, 2.05) is 36.4 Å². The van der Waals surface area contributed by atoms with E-state index in [2.05, 4.69) is 10.6 Å². The SMILES string of the molecule is O=C(NC1CC1)c1ccc(NCc2ccc(Cl)s2)cc1. The number of thiophene rings is 1. The van der Waals surface area contributed by atoms with Gasteiger partial charge in [-0.15, -0.1) is 11.3 Å². The number of amides is 1. The number of benzene rings is 1. The van der Waals surface area contributed by atoms with E-state index < -0.39 is 0 Å². The highest BCUT2D eigenvalue weighted by atomic mass is 35.5. The van der Waals surface area contributed by atoms with E-state index in [0.29, 0.717) is 11.6 Å². The summed E-state index contributed by atoms with van der Waals surface area (Å²) >= 11 is 7.46. The minimum absolute atomic E-state index is 0.0177. The Kier molecular flexibility index (Phi) is 3.94. The zero-order valence-corrected chi connectivity index (χ0v) is 12.4. The Morgan fingerprint density at radius 1 is 1.20 bits per heavy atom. The number of nitrogens with one attached hydrogen (secondary N) is 2. The van der Waals surface area contributed by atoms with Crippen LogP contribution in [-0.2, 0) is 6.54 Å². The average Bonchev–Trinajstić information content (AvgIpc) is 3.17. The first-order chi connectivity index (χ1) is 9.70. The van der Waals surface area contributed by atoms with Crippen molar-refractivity contribution in [2.45, 2.75) is 25.4 Å². The van der Waals surface area contributed by atoms with Gasteiger partial charge in [-0.25, -0.2) is 0 Å². The van der Waals surface area contributed by atoms with Crippen molar-refractivity contribution in [2.24, 2.45) is 0 Å². The molecule has 0 atom stereocenters. The molecule has 1 aliphatic rings. The van der Waals surface area contributed by atoms with Crippen molar-refractivity contribution >= 4 is 34.5 Å². The number of hydrogen-bond donors (Lipinski definition) is 2. The number of carbonyl (C=O) groups is 1. The molecule has 0 unspecified atom stereocenters. The van der Waals surface area contributed by atoms with Crippen molar-refractivity contribution in [1.29, 1.82) is 0 Å². The lowest BCUT2D eigenvalue weighted by atomic mass is 10.2. The van der Waals surface area contributed by atoms with Crippen LogP contribution in [-0.4, -0.2) is 11.9 Å². The van der Waals surface area contributed by atoms with Crippen molar-refractivity contribution < 1.29 is 4.79 Å². The number of rotatable bonds is 5. The van der Waals surface area contributed by atoms with E-state index >= 15 is 0 Å². The molecule has 1 fully saturated rings. The topological polar surface area (TPSA) is 41.1 Å². The standard InChI is InChI=1S/C15H15ClN2OS/c16-14-8-7-13(20-14)9-17-11-3-1-10(2-4-11)15(19)18-12-5-6-12/h1-4,7-8,12,17H,5-6,9H2,(H,18,19). The largest absolute Gasteiger partial charge is 0.380 e. The predicted molar refractivity (Wildman–Crippen MR) is 83.6 cm³/mol. The van der Waals surface area contributed by atoms with E-state index in [-0.39, 0.29) is 5.91 Å². The van der Waals surface area contributed by atoms with Crippen LogP contribution in [0.3, 0.4) is 0 Å². The molecule has 0 bridgehead atoms. The summed E-state index contributed by atoms with van der Waals surface area (Å²) in [5, 5.41) is 6.29. The van der Waals surface area contributed by atoms with Gasteiger partial charge in [-0.2, -0.15) is 0 Å². The van der Waals surface area contributed by atoms with Crippen LogP contribution < -0.4 is 10.6 Å². The molecule has 0 spiro atoms. The molecule has 0 saturated heterocycles. The van der Waals surface area contributed by atoms with Crippen LogP contribution in [0.25, 0.3) is 0 Å². The van der Waals surface area contributed by atoms with Crippen molar-refractivity contribution in [3.05, 3.63) is 51.2 Å². The maximum absolute atomic E-state index is 11.8. The quantitative estimate of drug-likeness (QED) is 0.879. The molecular weight excluding hydrogens is 292 g/mol. The molecule has 3 rings (SSSR count). The van der Waals surface area contributed by atoms with E-state index in [1.165, 1.54) is 4.88 Å². The van der Waals surface area contributed by atoms with Gasteiger partial charge in [-0.3, -0.25) is 4.79 Å². The summed E-state index contributed by atoms with van der Waals surface area (Å²) < 4.78 is 0.800. The summed E-state index contributed by atoms with van der Waals surface area (Å²) in [6.07, 6.45) is 2.21. The van der Waals surface area contributed by atoms with E-state index in [0.717, 1.165) is 29.4 Å². The Labute approximate surface area is 127 Å². The number of carbonyl (C=O) groups excluding carboxylic acids is 1. The van der Waals surface area contributed by atoms with E-state index in [1.54, 1.807) is 11.3 Å². The smallest absolute Gasteiger partial charge is 0.251 e. The number of halogens is 1. The average molecular weight is 307 g/mol. The summed E-state index contributed by atoms with van der Waals surface area (Å²) in [6.45, 7) is 0.741. The summed E-state index contributed by atoms with van der Waals surface area (Å²) in [6, 6.07) is 11.9. The lowest BCUT2D eigenvalue weighted by Crippen LogP contribution is -2.25. The molecule has 3 nitrogen and oxygen atoms in total. The third kappa shape index (κ3) is 3.52. The van der Waals surface area contributed by atoms with Crippen molar-refractivity contribution in [3.8, 4) is 0 Å². The van der Waals surface area contributed by atoms with E-state index in [4.69, 9.17) is 11.6 Å². The Balaban J connectivity index is 1.56. The highest BCUT2D eigenvalue weighted by Gasteiger charge is 2.23.